The molecular weight excluding hydrogens is 404 g/mol. The van der Waals surface area contributed by atoms with Crippen molar-refractivity contribution in [3.05, 3.63) is 69.4 Å². The van der Waals surface area contributed by atoms with Crippen LogP contribution in [0, 0.1) is 6.92 Å². The van der Waals surface area contributed by atoms with Gasteiger partial charge >= 0.3 is 0 Å². The number of fused-ring (bicyclic) bond motifs is 1. The van der Waals surface area contributed by atoms with Crippen LogP contribution in [0.1, 0.15) is 27.2 Å². The van der Waals surface area contributed by atoms with Gasteiger partial charge in [0.05, 0.1) is 25.0 Å². The molecule has 0 aliphatic carbocycles. The number of carbonyl (C=O) groups is 1. The summed E-state index contributed by atoms with van der Waals surface area (Å²) in [6.45, 7) is 2.58. The van der Waals surface area contributed by atoms with Crippen LogP contribution >= 0.6 is 11.8 Å². The molecule has 0 saturated carbocycles. The van der Waals surface area contributed by atoms with E-state index in [1.54, 1.807) is 25.4 Å². The summed E-state index contributed by atoms with van der Waals surface area (Å²) in [5, 5.41) is 3.70. The van der Waals surface area contributed by atoms with E-state index in [0.717, 1.165) is 16.4 Å². The van der Waals surface area contributed by atoms with Crippen molar-refractivity contribution in [3.8, 4) is 11.5 Å². The van der Waals surface area contributed by atoms with E-state index in [0.29, 0.717) is 30.2 Å². The maximum atomic E-state index is 13.0. The zero-order valence-corrected chi connectivity index (χ0v) is 17.8. The third-order valence-corrected chi connectivity index (χ3v) is 5.79. The summed E-state index contributed by atoms with van der Waals surface area (Å²) in [7, 11) is 1.90. The van der Waals surface area contributed by atoms with Crippen molar-refractivity contribution in [3.63, 3.8) is 0 Å². The van der Waals surface area contributed by atoms with Crippen molar-refractivity contribution < 1.29 is 14.3 Å². The Bertz CT molecular complexity index is 1170. The number of amides is 1. The van der Waals surface area contributed by atoms with Crippen LogP contribution in [0.15, 0.2) is 46.6 Å². The van der Waals surface area contributed by atoms with E-state index in [1.807, 2.05) is 36.1 Å². The number of benzene rings is 1. The second kappa shape index (κ2) is 8.27. The number of hydrogen-bond donors (Lipinski definition) is 1. The lowest BCUT2D eigenvalue weighted by Crippen LogP contribution is -2.34. The normalized spacial score (nSPS) is 12.2. The standard InChI is InChI=1S/C21H22N4O4S/c1-13-6-7-25(11-14-4-5-16-17(8-14)29-12-28-16)20(27)18(13)19(26)22-9-15-10-23-21(30-3)24(15)2/h4-8,10H,9,11-12H2,1-3H3,(H,22,26). The van der Waals surface area contributed by atoms with Gasteiger partial charge in [-0.25, -0.2) is 4.98 Å². The summed E-state index contributed by atoms with van der Waals surface area (Å²) in [5.41, 5.74) is 2.19. The highest BCUT2D eigenvalue weighted by Gasteiger charge is 2.18. The molecule has 156 valence electrons. The van der Waals surface area contributed by atoms with Crippen molar-refractivity contribution in [2.45, 2.75) is 25.2 Å². The maximum Gasteiger partial charge on any atom is 0.263 e. The highest BCUT2D eigenvalue weighted by molar-refractivity contribution is 7.98. The molecule has 0 radical (unpaired) electrons. The van der Waals surface area contributed by atoms with Gasteiger partial charge in [0.2, 0.25) is 6.79 Å². The van der Waals surface area contributed by atoms with Crippen LogP contribution in [0.2, 0.25) is 0 Å². The molecule has 0 spiro atoms. The molecule has 0 fully saturated rings. The summed E-state index contributed by atoms with van der Waals surface area (Å²) >= 11 is 1.53. The zero-order valence-electron chi connectivity index (χ0n) is 17.0. The summed E-state index contributed by atoms with van der Waals surface area (Å²) in [5.74, 6) is 0.950. The molecule has 0 saturated heterocycles. The number of pyridine rings is 1. The Labute approximate surface area is 177 Å². The van der Waals surface area contributed by atoms with Gasteiger partial charge in [-0.05, 0) is 42.5 Å². The van der Waals surface area contributed by atoms with Crippen LogP contribution in [-0.2, 0) is 20.1 Å². The summed E-state index contributed by atoms with van der Waals surface area (Å²) < 4.78 is 14.2. The first-order valence-corrected chi connectivity index (χ1v) is 10.6. The summed E-state index contributed by atoms with van der Waals surface area (Å²) in [6.07, 6.45) is 5.37. The molecule has 1 amide bonds. The molecule has 0 bridgehead atoms. The van der Waals surface area contributed by atoms with E-state index >= 15 is 0 Å². The number of imidazole rings is 1. The Balaban J connectivity index is 1.54. The van der Waals surface area contributed by atoms with Crippen molar-refractivity contribution in [1.82, 2.24) is 19.4 Å². The van der Waals surface area contributed by atoms with E-state index in [2.05, 4.69) is 10.3 Å². The Morgan fingerprint density at radius 1 is 1.27 bits per heavy atom. The number of thioether (sulfide) groups is 1. The highest BCUT2D eigenvalue weighted by Crippen LogP contribution is 2.32. The topological polar surface area (TPSA) is 87.4 Å². The molecule has 0 atom stereocenters. The lowest BCUT2D eigenvalue weighted by molar-refractivity contribution is 0.0947. The van der Waals surface area contributed by atoms with E-state index in [-0.39, 0.29) is 17.9 Å². The minimum Gasteiger partial charge on any atom is -0.454 e. The number of ether oxygens (including phenoxy) is 2. The van der Waals surface area contributed by atoms with Gasteiger partial charge in [0.1, 0.15) is 5.56 Å². The van der Waals surface area contributed by atoms with Gasteiger partial charge in [0.25, 0.3) is 11.5 Å². The Morgan fingerprint density at radius 2 is 2.07 bits per heavy atom. The van der Waals surface area contributed by atoms with Gasteiger partial charge in [-0.2, -0.15) is 0 Å². The van der Waals surface area contributed by atoms with Crippen molar-refractivity contribution >= 4 is 17.7 Å². The summed E-state index contributed by atoms with van der Waals surface area (Å²) in [6, 6.07) is 7.33. The number of aryl methyl sites for hydroxylation is 1. The average molecular weight is 426 g/mol. The quantitative estimate of drug-likeness (QED) is 0.609. The minimum atomic E-state index is -0.399. The monoisotopic (exact) mass is 426 g/mol. The maximum absolute atomic E-state index is 13.0. The number of aromatic nitrogens is 3. The molecule has 3 heterocycles. The summed E-state index contributed by atoms with van der Waals surface area (Å²) in [4.78, 5) is 30.1. The lowest BCUT2D eigenvalue weighted by atomic mass is 10.1. The third kappa shape index (κ3) is 3.80. The predicted molar refractivity (Wildman–Crippen MR) is 113 cm³/mol. The van der Waals surface area contributed by atoms with Crippen LogP contribution in [0.5, 0.6) is 11.5 Å². The van der Waals surface area contributed by atoms with E-state index in [9.17, 15) is 9.59 Å². The van der Waals surface area contributed by atoms with Gasteiger partial charge < -0.3 is 23.9 Å². The SMILES string of the molecule is CSc1ncc(CNC(=O)c2c(C)ccn(Cc3ccc4c(c3)OCO4)c2=O)n1C. The van der Waals surface area contributed by atoms with Gasteiger partial charge in [0, 0.05) is 13.2 Å². The first-order valence-electron chi connectivity index (χ1n) is 9.39. The molecule has 1 aliphatic heterocycles. The number of nitrogens with zero attached hydrogens (tertiary/aromatic N) is 3. The molecule has 2 aromatic heterocycles. The second-order valence-electron chi connectivity index (χ2n) is 6.97. The van der Waals surface area contributed by atoms with Crippen LogP contribution in [0.3, 0.4) is 0 Å². The van der Waals surface area contributed by atoms with Gasteiger partial charge in [0.15, 0.2) is 16.7 Å². The van der Waals surface area contributed by atoms with Crippen molar-refractivity contribution in [2.75, 3.05) is 13.0 Å². The number of carbonyl (C=O) groups excluding carboxylic acids is 1. The predicted octanol–water partition coefficient (Wildman–Crippen LogP) is 2.32. The van der Waals surface area contributed by atoms with Crippen LogP contribution in [0.25, 0.3) is 0 Å². The van der Waals surface area contributed by atoms with Gasteiger partial charge in [-0.1, -0.05) is 17.8 Å². The van der Waals surface area contributed by atoms with Crippen LogP contribution < -0.4 is 20.3 Å². The Hall–Kier alpha value is -3.20. The number of nitrogens with one attached hydrogen (secondary N) is 1. The van der Waals surface area contributed by atoms with E-state index < -0.39 is 5.91 Å². The van der Waals surface area contributed by atoms with Gasteiger partial charge in [-0.3, -0.25) is 9.59 Å². The molecular formula is C21H22N4O4S. The van der Waals surface area contributed by atoms with Crippen LogP contribution in [-0.4, -0.2) is 33.1 Å². The molecule has 3 aromatic rings. The fraction of sp³-hybridized carbons (Fsp3) is 0.286. The average Bonchev–Trinajstić information content (AvgIpc) is 3.34. The highest BCUT2D eigenvalue weighted by atomic mass is 32.2. The van der Waals surface area contributed by atoms with E-state index in [4.69, 9.17) is 9.47 Å². The molecule has 30 heavy (non-hydrogen) atoms. The number of rotatable bonds is 6. The smallest absolute Gasteiger partial charge is 0.263 e. The molecule has 9 heteroatoms. The molecule has 8 nitrogen and oxygen atoms in total. The zero-order chi connectivity index (χ0) is 21.3. The molecule has 0 unspecified atom stereocenters. The van der Waals surface area contributed by atoms with Crippen molar-refractivity contribution in [2.24, 2.45) is 7.05 Å². The minimum absolute atomic E-state index is 0.144. The first kappa shape index (κ1) is 20.1. The van der Waals surface area contributed by atoms with E-state index in [1.165, 1.54) is 16.3 Å². The largest absolute Gasteiger partial charge is 0.454 e. The lowest BCUT2D eigenvalue weighted by Gasteiger charge is -2.12. The first-order chi connectivity index (χ1) is 14.5. The Morgan fingerprint density at radius 3 is 2.83 bits per heavy atom. The molecule has 1 aliphatic rings. The molecule has 1 N–H and O–H groups in total. The molecule has 4 rings (SSSR count). The fourth-order valence-electron chi connectivity index (χ4n) is 3.34. The van der Waals surface area contributed by atoms with Gasteiger partial charge in [-0.15, -0.1) is 0 Å². The third-order valence-electron chi connectivity index (χ3n) is 5.04. The number of hydrogen-bond acceptors (Lipinski definition) is 6. The molecule has 1 aromatic carbocycles. The Kier molecular flexibility index (Phi) is 5.54. The van der Waals surface area contributed by atoms with Crippen molar-refractivity contribution in [1.29, 1.82) is 0 Å². The fourth-order valence-corrected chi connectivity index (χ4v) is 3.89. The van der Waals surface area contributed by atoms with Crippen LogP contribution in [0.4, 0.5) is 0 Å². The second-order valence-corrected chi connectivity index (χ2v) is 7.75.